The van der Waals surface area contributed by atoms with E-state index in [4.69, 9.17) is 5.73 Å². The van der Waals surface area contributed by atoms with Gasteiger partial charge in [0.05, 0.1) is 6.04 Å². The van der Waals surface area contributed by atoms with Gasteiger partial charge in [0.2, 0.25) is 0 Å². The summed E-state index contributed by atoms with van der Waals surface area (Å²) < 4.78 is 0. The molecule has 0 radical (unpaired) electrons. The summed E-state index contributed by atoms with van der Waals surface area (Å²) in [6.45, 7) is 1.89. The molecule has 5 nitrogen and oxygen atoms in total. The monoisotopic (exact) mass is 262 g/mol. The third kappa shape index (κ3) is 3.21. The fourth-order valence-electron chi connectivity index (χ4n) is 1.49. The summed E-state index contributed by atoms with van der Waals surface area (Å²) in [6, 6.07) is 6.64. The summed E-state index contributed by atoms with van der Waals surface area (Å²) >= 11 is 1.51. The molecule has 6 heteroatoms. The molecule has 0 fully saturated rings. The van der Waals surface area contributed by atoms with Crippen LogP contribution in [0, 0.1) is 0 Å². The summed E-state index contributed by atoms with van der Waals surface area (Å²) in [5.41, 5.74) is 6.91. The second kappa shape index (κ2) is 5.50. The molecule has 0 bridgehead atoms. The molecule has 0 aliphatic rings. The number of hydrogen-bond donors (Lipinski definition) is 3. The number of amides is 2. The molecule has 1 aromatic heterocycles. The highest BCUT2D eigenvalue weighted by molar-refractivity contribution is 7.09. The average Bonchev–Trinajstić information content (AvgIpc) is 2.81. The number of carbonyl (C=O) groups excluding carboxylic acids is 1. The molecule has 94 valence electrons. The number of thiazole rings is 1. The van der Waals surface area contributed by atoms with Crippen molar-refractivity contribution >= 4 is 28.7 Å². The number of urea groups is 1. The fourth-order valence-corrected chi connectivity index (χ4v) is 2.14. The van der Waals surface area contributed by atoms with Gasteiger partial charge in [-0.1, -0.05) is 6.07 Å². The second-order valence-corrected chi connectivity index (χ2v) is 4.74. The maximum absolute atomic E-state index is 11.7. The Morgan fingerprint density at radius 3 is 3.00 bits per heavy atom. The summed E-state index contributed by atoms with van der Waals surface area (Å²) in [5, 5.41) is 8.28. The minimum absolute atomic E-state index is 0.119. The van der Waals surface area contributed by atoms with Crippen LogP contribution in [0.3, 0.4) is 0 Å². The molecule has 0 saturated carbocycles. The molecule has 1 heterocycles. The number of benzene rings is 1. The van der Waals surface area contributed by atoms with Gasteiger partial charge in [-0.2, -0.15) is 0 Å². The molecule has 1 unspecified atom stereocenters. The van der Waals surface area contributed by atoms with E-state index in [9.17, 15) is 4.79 Å². The lowest BCUT2D eigenvalue weighted by Crippen LogP contribution is -2.31. The van der Waals surface area contributed by atoms with Gasteiger partial charge < -0.3 is 16.4 Å². The van der Waals surface area contributed by atoms with Gasteiger partial charge in [0.15, 0.2) is 0 Å². The first kappa shape index (κ1) is 12.4. The van der Waals surface area contributed by atoms with Gasteiger partial charge in [0.1, 0.15) is 5.01 Å². The first-order valence-corrected chi connectivity index (χ1v) is 6.35. The molecule has 18 heavy (non-hydrogen) atoms. The average molecular weight is 262 g/mol. The Morgan fingerprint density at radius 1 is 1.50 bits per heavy atom. The molecule has 0 aliphatic heterocycles. The number of nitrogen functional groups attached to an aromatic ring is 1. The van der Waals surface area contributed by atoms with Gasteiger partial charge in [-0.05, 0) is 25.1 Å². The molecule has 1 atom stereocenters. The quantitative estimate of drug-likeness (QED) is 0.744. The smallest absolute Gasteiger partial charge is 0.319 e. The van der Waals surface area contributed by atoms with Crippen molar-refractivity contribution in [2.24, 2.45) is 0 Å². The van der Waals surface area contributed by atoms with E-state index < -0.39 is 0 Å². The summed E-state index contributed by atoms with van der Waals surface area (Å²) in [4.78, 5) is 15.9. The number of anilines is 2. The maximum atomic E-state index is 11.7. The molecule has 0 spiro atoms. The van der Waals surface area contributed by atoms with Crippen LogP contribution < -0.4 is 16.4 Å². The van der Waals surface area contributed by atoms with Crippen LogP contribution in [0.5, 0.6) is 0 Å². The Balaban J connectivity index is 1.93. The van der Waals surface area contributed by atoms with Gasteiger partial charge in [-0.25, -0.2) is 9.78 Å². The van der Waals surface area contributed by atoms with E-state index in [1.54, 1.807) is 30.5 Å². The predicted molar refractivity (Wildman–Crippen MR) is 73.5 cm³/mol. The van der Waals surface area contributed by atoms with Crippen LogP contribution in [0.1, 0.15) is 18.0 Å². The molecule has 0 aliphatic carbocycles. The number of carbonyl (C=O) groups is 1. The molecule has 2 amide bonds. The Hall–Kier alpha value is -2.08. The highest BCUT2D eigenvalue weighted by atomic mass is 32.1. The molecule has 0 saturated heterocycles. The van der Waals surface area contributed by atoms with Crippen molar-refractivity contribution < 1.29 is 4.79 Å². The SMILES string of the molecule is CC(NC(=O)Nc1cccc(N)c1)c1nccs1. The summed E-state index contributed by atoms with van der Waals surface area (Å²) in [7, 11) is 0. The Bertz CT molecular complexity index is 527. The highest BCUT2D eigenvalue weighted by Crippen LogP contribution is 2.15. The number of nitrogens with zero attached hydrogens (tertiary/aromatic N) is 1. The summed E-state index contributed by atoms with van der Waals surface area (Å²) in [6.07, 6.45) is 1.72. The first-order chi connectivity index (χ1) is 8.65. The minimum atomic E-state index is -0.275. The molecule has 2 aromatic rings. The number of nitrogens with one attached hydrogen (secondary N) is 2. The minimum Gasteiger partial charge on any atom is -0.399 e. The number of aromatic nitrogens is 1. The first-order valence-electron chi connectivity index (χ1n) is 5.47. The van der Waals surface area contributed by atoms with Crippen LogP contribution in [0.25, 0.3) is 0 Å². The molecule has 4 N–H and O–H groups in total. The van der Waals surface area contributed by atoms with Gasteiger partial charge in [-0.3, -0.25) is 0 Å². The number of nitrogens with two attached hydrogens (primary N) is 1. The van der Waals surface area contributed by atoms with Crippen molar-refractivity contribution in [3.05, 3.63) is 40.8 Å². The predicted octanol–water partition coefficient (Wildman–Crippen LogP) is 2.61. The fraction of sp³-hybridized carbons (Fsp3) is 0.167. The van der Waals surface area contributed by atoms with Crippen molar-refractivity contribution in [2.75, 3.05) is 11.1 Å². The standard InChI is InChI=1S/C12H14N4OS/c1-8(11-14-5-6-18-11)15-12(17)16-10-4-2-3-9(13)7-10/h2-8H,13H2,1H3,(H2,15,16,17). The Morgan fingerprint density at radius 2 is 2.33 bits per heavy atom. The van der Waals surface area contributed by atoms with E-state index in [0.717, 1.165) is 5.01 Å². The van der Waals surface area contributed by atoms with E-state index in [-0.39, 0.29) is 12.1 Å². The van der Waals surface area contributed by atoms with Crippen LogP contribution in [-0.2, 0) is 0 Å². The van der Waals surface area contributed by atoms with Crippen molar-refractivity contribution in [1.29, 1.82) is 0 Å². The van der Waals surface area contributed by atoms with Crippen LogP contribution in [0.4, 0.5) is 16.2 Å². The van der Waals surface area contributed by atoms with Gasteiger partial charge in [0, 0.05) is 23.0 Å². The van der Waals surface area contributed by atoms with Gasteiger partial charge in [0.25, 0.3) is 0 Å². The topological polar surface area (TPSA) is 80.0 Å². The Labute approximate surface area is 109 Å². The largest absolute Gasteiger partial charge is 0.399 e. The van der Waals surface area contributed by atoms with E-state index in [2.05, 4.69) is 15.6 Å². The molecule has 2 rings (SSSR count). The van der Waals surface area contributed by atoms with Crippen molar-refractivity contribution in [3.63, 3.8) is 0 Å². The van der Waals surface area contributed by atoms with Crippen molar-refractivity contribution in [3.8, 4) is 0 Å². The van der Waals surface area contributed by atoms with Gasteiger partial charge >= 0.3 is 6.03 Å². The van der Waals surface area contributed by atoms with E-state index in [1.807, 2.05) is 12.3 Å². The van der Waals surface area contributed by atoms with E-state index in [0.29, 0.717) is 11.4 Å². The van der Waals surface area contributed by atoms with Crippen molar-refractivity contribution in [2.45, 2.75) is 13.0 Å². The molecule has 1 aromatic carbocycles. The third-order valence-corrected chi connectivity index (χ3v) is 3.27. The lowest BCUT2D eigenvalue weighted by atomic mass is 10.3. The second-order valence-electron chi connectivity index (χ2n) is 3.82. The van der Waals surface area contributed by atoms with Crippen LogP contribution >= 0.6 is 11.3 Å². The third-order valence-electron chi connectivity index (χ3n) is 2.31. The summed E-state index contributed by atoms with van der Waals surface area (Å²) in [5.74, 6) is 0. The van der Waals surface area contributed by atoms with E-state index >= 15 is 0 Å². The Kier molecular flexibility index (Phi) is 3.78. The van der Waals surface area contributed by atoms with Crippen LogP contribution in [-0.4, -0.2) is 11.0 Å². The lowest BCUT2D eigenvalue weighted by molar-refractivity contribution is 0.249. The van der Waals surface area contributed by atoms with Crippen LogP contribution in [0.15, 0.2) is 35.8 Å². The number of rotatable bonds is 3. The van der Waals surface area contributed by atoms with Gasteiger partial charge in [-0.15, -0.1) is 11.3 Å². The maximum Gasteiger partial charge on any atom is 0.319 e. The molecular weight excluding hydrogens is 248 g/mol. The lowest BCUT2D eigenvalue weighted by Gasteiger charge is -2.12. The zero-order valence-corrected chi connectivity index (χ0v) is 10.7. The van der Waals surface area contributed by atoms with Crippen molar-refractivity contribution in [1.82, 2.24) is 10.3 Å². The zero-order chi connectivity index (χ0) is 13.0. The van der Waals surface area contributed by atoms with Crippen LogP contribution in [0.2, 0.25) is 0 Å². The van der Waals surface area contributed by atoms with E-state index in [1.165, 1.54) is 11.3 Å². The highest BCUT2D eigenvalue weighted by Gasteiger charge is 2.11. The molecular formula is C12H14N4OS. The normalized spacial score (nSPS) is 11.8. The zero-order valence-electron chi connectivity index (χ0n) is 9.88. The number of hydrogen-bond acceptors (Lipinski definition) is 4.